The van der Waals surface area contributed by atoms with Gasteiger partial charge in [0.1, 0.15) is 5.76 Å². The normalized spacial score (nSPS) is 16.2. The first kappa shape index (κ1) is 19.6. The highest BCUT2D eigenvalue weighted by Gasteiger charge is 2.23. The lowest BCUT2D eigenvalue weighted by molar-refractivity contribution is -0.122. The predicted octanol–water partition coefficient (Wildman–Crippen LogP) is 3.89. The molecule has 4 nitrogen and oxygen atoms in total. The average molecular weight is 322 g/mol. The molecule has 0 heterocycles. The molecule has 132 valence electrons. The summed E-state index contributed by atoms with van der Waals surface area (Å²) >= 11 is 0. The SMILES string of the molecule is C=C(C)NCCCC(=O)NC(CC(C)C)C(=C)OC1CCCC1. The molecule has 1 aliphatic rings. The molecule has 0 aromatic rings. The first-order valence-corrected chi connectivity index (χ1v) is 8.92. The fraction of sp³-hybridized carbons (Fsp3) is 0.737. The molecule has 0 saturated heterocycles. The van der Waals surface area contributed by atoms with Crippen LogP contribution in [0.2, 0.25) is 0 Å². The van der Waals surface area contributed by atoms with E-state index in [-0.39, 0.29) is 18.1 Å². The van der Waals surface area contributed by atoms with Crippen molar-refractivity contribution in [1.82, 2.24) is 10.6 Å². The third kappa shape index (κ3) is 8.68. The van der Waals surface area contributed by atoms with Crippen LogP contribution in [0.1, 0.15) is 65.7 Å². The van der Waals surface area contributed by atoms with Crippen LogP contribution in [0.4, 0.5) is 0 Å². The Labute approximate surface area is 141 Å². The van der Waals surface area contributed by atoms with Crippen LogP contribution in [-0.2, 0) is 9.53 Å². The monoisotopic (exact) mass is 322 g/mol. The molecule has 4 heteroatoms. The summed E-state index contributed by atoms with van der Waals surface area (Å²) in [5.41, 5.74) is 0.932. The van der Waals surface area contributed by atoms with E-state index in [0.29, 0.717) is 12.3 Å². The Morgan fingerprint density at radius 1 is 1.26 bits per heavy atom. The molecular weight excluding hydrogens is 288 g/mol. The second-order valence-corrected chi connectivity index (χ2v) is 7.05. The number of allylic oxidation sites excluding steroid dienone is 1. The number of ether oxygens (including phenoxy) is 1. The van der Waals surface area contributed by atoms with Crippen molar-refractivity contribution >= 4 is 5.91 Å². The van der Waals surface area contributed by atoms with Crippen molar-refractivity contribution in [2.24, 2.45) is 5.92 Å². The van der Waals surface area contributed by atoms with Gasteiger partial charge < -0.3 is 15.4 Å². The Kier molecular flexibility index (Phi) is 8.82. The number of amides is 1. The minimum absolute atomic E-state index is 0.0651. The Balaban J connectivity index is 2.40. The summed E-state index contributed by atoms with van der Waals surface area (Å²) in [7, 11) is 0. The van der Waals surface area contributed by atoms with Gasteiger partial charge in [0.25, 0.3) is 0 Å². The zero-order chi connectivity index (χ0) is 17.2. The van der Waals surface area contributed by atoms with Crippen molar-refractivity contribution in [3.8, 4) is 0 Å². The van der Waals surface area contributed by atoms with E-state index in [4.69, 9.17) is 4.74 Å². The van der Waals surface area contributed by atoms with Gasteiger partial charge in [-0.3, -0.25) is 4.79 Å². The first-order valence-electron chi connectivity index (χ1n) is 8.92. The van der Waals surface area contributed by atoms with Crippen molar-refractivity contribution < 1.29 is 9.53 Å². The molecule has 1 fully saturated rings. The van der Waals surface area contributed by atoms with Gasteiger partial charge in [0.05, 0.1) is 12.1 Å². The molecule has 1 atom stereocenters. The lowest BCUT2D eigenvalue weighted by atomic mass is 10.0. The van der Waals surface area contributed by atoms with Gasteiger partial charge in [0.15, 0.2) is 0 Å². The van der Waals surface area contributed by atoms with E-state index >= 15 is 0 Å². The van der Waals surface area contributed by atoms with Crippen molar-refractivity contribution in [3.05, 3.63) is 24.6 Å². The van der Waals surface area contributed by atoms with E-state index in [1.807, 2.05) is 6.92 Å². The Morgan fingerprint density at radius 2 is 1.91 bits per heavy atom. The summed E-state index contributed by atoms with van der Waals surface area (Å²) in [6.07, 6.45) is 7.12. The molecule has 0 aliphatic heterocycles. The molecule has 0 spiro atoms. The lowest BCUT2D eigenvalue weighted by Crippen LogP contribution is -2.38. The molecule has 0 bridgehead atoms. The van der Waals surface area contributed by atoms with E-state index in [0.717, 1.165) is 43.7 Å². The second-order valence-electron chi connectivity index (χ2n) is 7.05. The van der Waals surface area contributed by atoms with E-state index in [2.05, 4.69) is 37.6 Å². The zero-order valence-electron chi connectivity index (χ0n) is 15.1. The summed E-state index contributed by atoms with van der Waals surface area (Å²) in [5, 5.41) is 6.24. The van der Waals surface area contributed by atoms with Gasteiger partial charge in [-0.25, -0.2) is 0 Å². The maximum absolute atomic E-state index is 12.2. The number of rotatable bonds is 11. The molecule has 1 aliphatic carbocycles. The lowest BCUT2D eigenvalue weighted by Gasteiger charge is -2.25. The van der Waals surface area contributed by atoms with E-state index in [9.17, 15) is 4.79 Å². The molecule has 0 aromatic heterocycles. The molecule has 0 aromatic carbocycles. The standard InChI is InChI=1S/C19H34N2O2/c1-14(2)13-18(16(5)23-17-9-6-7-10-17)21-19(22)11-8-12-20-15(3)4/h14,17-18,20H,3,5-13H2,1-2,4H3,(H,21,22). The van der Waals surface area contributed by atoms with Crippen LogP contribution >= 0.6 is 0 Å². The van der Waals surface area contributed by atoms with Crippen LogP contribution in [0.3, 0.4) is 0 Å². The fourth-order valence-corrected chi connectivity index (χ4v) is 2.86. The van der Waals surface area contributed by atoms with Crippen molar-refractivity contribution in [1.29, 1.82) is 0 Å². The van der Waals surface area contributed by atoms with E-state index in [1.54, 1.807) is 0 Å². The van der Waals surface area contributed by atoms with Crippen molar-refractivity contribution in [2.45, 2.75) is 77.9 Å². The third-order valence-corrected chi connectivity index (χ3v) is 4.06. The summed E-state index contributed by atoms with van der Waals surface area (Å²) in [6, 6.07) is -0.0859. The van der Waals surface area contributed by atoms with Gasteiger partial charge in [0.2, 0.25) is 5.91 Å². The van der Waals surface area contributed by atoms with Crippen LogP contribution in [0.5, 0.6) is 0 Å². The molecule has 23 heavy (non-hydrogen) atoms. The van der Waals surface area contributed by atoms with Gasteiger partial charge in [-0.05, 0) is 51.4 Å². The van der Waals surface area contributed by atoms with Crippen molar-refractivity contribution in [3.63, 3.8) is 0 Å². The van der Waals surface area contributed by atoms with E-state index in [1.165, 1.54) is 12.8 Å². The summed E-state index contributed by atoms with van der Waals surface area (Å²) in [6.45, 7) is 14.9. The highest BCUT2D eigenvalue weighted by Crippen LogP contribution is 2.25. The Bertz CT molecular complexity index is 398. The van der Waals surface area contributed by atoms with Crippen LogP contribution in [-0.4, -0.2) is 24.6 Å². The topological polar surface area (TPSA) is 50.4 Å². The minimum Gasteiger partial charge on any atom is -0.493 e. The highest BCUT2D eigenvalue weighted by molar-refractivity contribution is 5.76. The first-order chi connectivity index (χ1) is 10.9. The van der Waals surface area contributed by atoms with E-state index < -0.39 is 0 Å². The van der Waals surface area contributed by atoms with Crippen LogP contribution in [0, 0.1) is 5.92 Å². The fourth-order valence-electron chi connectivity index (χ4n) is 2.86. The maximum Gasteiger partial charge on any atom is 0.220 e. The largest absolute Gasteiger partial charge is 0.493 e. The van der Waals surface area contributed by atoms with Gasteiger partial charge >= 0.3 is 0 Å². The van der Waals surface area contributed by atoms with Crippen LogP contribution < -0.4 is 10.6 Å². The molecule has 1 amide bonds. The van der Waals surface area contributed by atoms with Crippen molar-refractivity contribution in [2.75, 3.05) is 6.54 Å². The molecule has 1 unspecified atom stereocenters. The summed E-state index contributed by atoms with van der Waals surface area (Å²) in [4.78, 5) is 12.2. The third-order valence-electron chi connectivity index (χ3n) is 4.06. The Morgan fingerprint density at radius 3 is 2.48 bits per heavy atom. The molecular formula is C19H34N2O2. The molecule has 1 rings (SSSR count). The van der Waals surface area contributed by atoms with Crippen LogP contribution in [0.25, 0.3) is 0 Å². The minimum atomic E-state index is -0.0859. The maximum atomic E-state index is 12.2. The second kappa shape index (κ2) is 10.3. The smallest absolute Gasteiger partial charge is 0.220 e. The van der Waals surface area contributed by atoms with Crippen LogP contribution in [0.15, 0.2) is 24.6 Å². The highest BCUT2D eigenvalue weighted by atomic mass is 16.5. The molecule has 2 N–H and O–H groups in total. The number of carbonyl (C=O) groups is 1. The number of hydrogen-bond donors (Lipinski definition) is 2. The number of carbonyl (C=O) groups excluding carboxylic acids is 1. The number of nitrogens with one attached hydrogen (secondary N) is 2. The quantitative estimate of drug-likeness (QED) is 0.448. The predicted molar refractivity (Wildman–Crippen MR) is 95.9 cm³/mol. The summed E-state index contributed by atoms with van der Waals surface area (Å²) in [5.74, 6) is 1.27. The summed E-state index contributed by atoms with van der Waals surface area (Å²) < 4.78 is 6.00. The molecule has 0 radical (unpaired) electrons. The Hall–Kier alpha value is -1.45. The van der Waals surface area contributed by atoms with Gasteiger partial charge in [-0.15, -0.1) is 0 Å². The van der Waals surface area contributed by atoms with Gasteiger partial charge in [0, 0.05) is 18.7 Å². The van der Waals surface area contributed by atoms with Gasteiger partial charge in [-0.2, -0.15) is 0 Å². The molecule has 1 saturated carbocycles. The van der Waals surface area contributed by atoms with Gasteiger partial charge in [-0.1, -0.05) is 27.0 Å². The average Bonchev–Trinajstić information content (AvgIpc) is 2.95. The zero-order valence-corrected chi connectivity index (χ0v) is 15.1. The number of hydrogen-bond acceptors (Lipinski definition) is 3.